The first-order valence-electron chi connectivity index (χ1n) is 4.85. The third-order valence-electron chi connectivity index (χ3n) is 2.02. The summed E-state index contributed by atoms with van der Waals surface area (Å²) in [6.07, 6.45) is 3.19. The molecule has 0 saturated carbocycles. The minimum Gasteiger partial charge on any atom is -0.450 e. The van der Waals surface area contributed by atoms with Gasteiger partial charge in [0, 0.05) is 13.2 Å². The van der Waals surface area contributed by atoms with Crippen LogP contribution in [-0.4, -0.2) is 32.0 Å². The molecule has 1 amide bonds. The predicted molar refractivity (Wildman–Crippen MR) is 48.6 cm³/mol. The molecule has 1 heterocycles. The Morgan fingerprint density at radius 1 is 1.62 bits per heavy atom. The van der Waals surface area contributed by atoms with Gasteiger partial charge in [-0.25, -0.2) is 4.79 Å². The first kappa shape index (κ1) is 10.3. The fourth-order valence-corrected chi connectivity index (χ4v) is 1.35. The smallest absolute Gasteiger partial charge is 0.407 e. The van der Waals surface area contributed by atoms with Crippen LogP contribution in [0.3, 0.4) is 0 Å². The second-order valence-corrected chi connectivity index (χ2v) is 3.09. The lowest BCUT2D eigenvalue weighted by Crippen LogP contribution is -2.35. The van der Waals surface area contributed by atoms with Crippen molar-refractivity contribution < 1.29 is 14.3 Å². The summed E-state index contributed by atoms with van der Waals surface area (Å²) in [4.78, 5) is 10.9. The first-order chi connectivity index (χ1) is 6.33. The van der Waals surface area contributed by atoms with Crippen LogP contribution in [0, 0.1) is 0 Å². The first-order valence-corrected chi connectivity index (χ1v) is 4.85. The number of nitrogens with one attached hydrogen (secondary N) is 1. The van der Waals surface area contributed by atoms with Crippen LogP contribution in [0.2, 0.25) is 0 Å². The summed E-state index contributed by atoms with van der Waals surface area (Å²) in [7, 11) is 0. The number of carbonyl (C=O) groups is 1. The van der Waals surface area contributed by atoms with Gasteiger partial charge in [0.15, 0.2) is 0 Å². The van der Waals surface area contributed by atoms with Crippen LogP contribution in [0.5, 0.6) is 0 Å². The number of hydrogen-bond donors (Lipinski definition) is 1. The number of rotatable bonds is 3. The lowest BCUT2D eigenvalue weighted by molar-refractivity contribution is 0.0165. The molecular formula is C9H17NO3. The summed E-state index contributed by atoms with van der Waals surface area (Å²) in [5.41, 5.74) is 0. The van der Waals surface area contributed by atoms with Gasteiger partial charge in [-0.2, -0.15) is 0 Å². The molecule has 4 heteroatoms. The van der Waals surface area contributed by atoms with Crippen molar-refractivity contribution in [3.63, 3.8) is 0 Å². The Morgan fingerprint density at radius 2 is 2.46 bits per heavy atom. The predicted octanol–water partition coefficient (Wildman–Crippen LogP) is 1.30. The Morgan fingerprint density at radius 3 is 3.08 bits per heavy atom. The normalized spacial score (nSPS) is 22.4. The quantitative estimate of drug-likeness (QED) is 0.724. The van der Waals surface area contributed by atoms with Crippen LogP contribution in [-0.2, 0) is 9.47 Å². The molecule has 0 aromatic rings. The van der Waals surface area contributed by atoms with Crippen molar-refractivity contribution in [3.05, 3.63) is 0 Å². The maximum absolute atomic E-state index is 10.9. The van der Waals surface area contributed by atoms with E-state index in [0.717, 1.165) is 19.4 Å². The zero-order valence-electron chi connectivity index (χ0n) is 8.04. The van der Waals surface area contributed by atoms with Gasteiger partial charge in [-0.05, 0) is 26.2 Å². The van der Waals surface area contributed by atoms with E-state index in [2.05, 4.69) is 5.32 Å². The third kappa shape index (κ3) is 4.12. The molecule has 0 radical (unpaired) electrons. The topological polar surface area (TPSA) is 47.6 Å². The van der Waals surface area contributed by atoms with E-state index < -0.39 is 0 Å². The molecule has 1 fully saturated rings. The molecule has 1 rings (SSSR count). The third-order valence-corrected chi connectivity index (χ3v) is 2.02. The lowest BCUT2D eigenvalue weighted by Gasteiger charge is -2.22. The second kappa shape index (κ2) is 5.80. The molecule has 1 atom stereocenters. The van der Waals surface area contributed by atoms with E-state index in [1.807, 2.05) is 0 Å². The van der Waals surface area contributed by atoms with Gasteiger partial charge in [-0.3, -0.25) is 0 Å². The summed E-state index contributed by atoms with van der Waals surface area (Å²) in [5.74, 6) is 0. The second-order valence-electron chi connectivity index (χ2n) is 3.09. The van der Waals surface area contributed by atoms with Crippen LogP contribution in [0.1, 0.15) is 26.2 Å². The van der Waals surface area contributed by atoms with Crippen molar-refractivity contribution in [2.45, 2.75) is 32.3 Å². The highest BCUT2D eigenvalue weighted by Gasteiger charge is 2.14. The lowest BCUT2D eigenvalue weighted by atomic mass is 10.1. The van der Waals surface area contributed by atoms with Gasteiger partial charge in [0.05, 0.1) is 12.7 Å². The van der Waals surface area contributed by atoms with Crippen LogP contribution in [0.4, 0.5) is 4.79 Å². The molecular weight excluding hydrogens is 170 g/mol. The Hall–Kier alpha value is -0.770. The van der Waals surface area contributed by atoms with Gasteiger partial charge in [0.1, 0.15) is 0 Å². The summed E-state index contributed by atoms with van der Waals surface area (Å²) < 4.78 is 10.2. The molecule has 1 saturated heterocycles. The molecule has 0 aromatic heterocycles. The van der Waals surface area contributed by atoms with Crippen LogP contribution in [0.15, 0.2) is 0 Å². The summed E-state index contributed by atoms with van der Waals surface area (Å²) >= 11 is 0. The maximum atomic E-state index is 10.9. The van der Waals surface area contributed by atoms with Crippen LogP contribution in [0.25, 0.3) is 0 Å². The summed E-state index contributed by atoms with van der Waals surface area (Å²) in [6, 6.07) is 0. The number of amides is 1. The molecule has 0 bridgehead atoms. The van der Waals surface area contributed by atoms with Gasteiger partial charge in [-0.1, -0.05) is 0 Å². The van der Waals surface area contributed by atoms with E-state index in [-0.39, 0.29) is 12.2 Å². The SMILES string of the molecule is CCOC(=O)NCC1CCCCO1. The largest absolute Gasteiger partial charge is 0.450 e. The zero-order chi connectivity index (χ0) is 9.52. The van der Waals surface area contributed by atoms with E-state index in [0.29, 0.717) is 13.2 Å². The molecule has 13 heavy (non-hydrogen) atoms. The molecule has 1 aliphatic heterocycles. The molecule has 76 valence electrons. The van der Waals surface area contributed by atoms with Gasteiger partial charge in [0.25, 0.3) is 0 Å². The van der Waals surface area contributed by atoms with E-state index in [1.54, 1.807) is 6.92 Å². The van der Waals surface area contributed by atoms with Gasteiger partial charge in [-0.15, -0.1) is 0 Å². The molecule has 1 aliphatic rings. The number of ether oxygens (including phenoxy) is 2. The Kier molecular flexibility index (Phi) is 4.60. The highest BCUT2D eigenvalue weighted by Crippen LogP contribution is 2.11. The Labute approximate surface area is 78.6 Å². The molecule has 0 aromatic carbocycles. The van der Waals surface area contributed by atoms with Crippen molar-refractivity contribution in [1.29, 1.82) is 0 Å². The van der Waals surface area contributed by atoms with E-state index >= 15 is 0 Å². The van der Waals surface area contributed by atoms with E-state index in [1.165, 1.54) is 6.42 Å². The minimum absolute atomic E-state index is 0.179. The average molecular weight is 187 g/mol. The Bertz CT molecular complexity index is 155. The molecule has 0 spiro atoms. The van der Waals surface area contributed by atoms with Gasteiger partial charge < -0.3 is 14.8 Å². The van der Waals surface area contributed by atoms with Crippen LogP contribution < -0.4 is 5.32 Å². The summed E-state index contributed by atoms with van der Waals surface area (Å²) in [6.45, 7) is 3.59. The van der Waals surface area contributed by atoms with Crippen LogP contribution >= 0.6 is 0 Å². The van der Waals surface area contributed by atoms with E-state index in [9.17, 15) is 4.79 Å². The number of hydrogen-bond acceptors (Lipinski definition) is 3. The van der Waals surface area contributed by atoms with Crippen molar-refractivity contribution >= 4 is 6.09 Å². The maximum Gasteiger partial charge on any atom is 0.407 e. The van der Waals surface area contributed by atoms with Crippen molar-refractivity contribution in [3.8, 4) is 0 Å². The van der Waals surface area contributed by atoms with Crippen molar-refractivity contribution in [2.24, 2.45) is 0 Å². The molecule has 1 N–H and O–H groups in total. The van der Waals surface area contributed by atoms with E-state index in [4.69, 9.17) is 9.47 Å². The van der Waals surface area contributed by atoms with Gasteiger partial charge >= 0.3 is 6.09 Å². The highest BCUT2D eigenvalue weighted by molar-refractivity contribution is 5.67. The summed E-state index contributed by atoms with van der Waals surface area (Å²) in [5, 5.41) is 2.67. The van der Waals surface area contributed by atoms with Crippen molar-refractivity contribution in [2.75, 3.05) is 19.8 Å². The average Bonchev–Trinajstić information content (AvgIpc) is 2.17. The Balaban J connectivity index is 2.06. The number of alkyl carbamates (subject to hydrolysis) is 1. The molecule has 1 unspecified atom stereocenters. The number of carbonyl (C=O) groups excluding carboxylic acids is 1. The fourth-order valence-electron chi connectivity index (χ4n) is 1.35. The molecule has 4 nitrogen and oxygen atoms in total. The standard InChI is InChI=1S/C9H17NO3/c1-2-12-9(11)10-7-8-5-3-4-6-13-8/h8H,2-7H2,1H3,(H,10,11). The highest BCUT2D eigenvalue weighted by atomic mass is 16.5. The zero-order valence-corrected chi connectivity index (χ0v) is 8.04. The monoisotopic (exact) mass is 187 g/mol. The fraction of sp³-hybridized carbons (Fsp3) is 0.889. The van der Waals surface area contributed by atoms with Gasteiger partial charge in [0.2, 0.25) is 0 Å². The molecule has 0 aliphatic carbocycles. The van der Waals surface area contributed by atoms with Crippen molar-refractivity contribution in [1.82, 2.24) is 5.32 Å². The minimum atomic E-state index is -0.350.